The summed E-state index contributed by atoms with van der Waals surface area (Å²) in [5.74, 6) is -2.88. The van der Waals surface area contributed by atoms with E-state index >= 15 is 0 Å². The molecule has 2 rings (SSSR count). The third-order valence-corrected chi connectivity index (χ3v) is 7.89. The average molecular weight is 551 g/mol. The predicted octanol–water partition coefficient (Wildman–Crippen LogP) is 3.22. The van der Waals surface area contributed by atoms with Gasteiger partial charge in [-0.3, -0.25) is 14.4 Å². The minimum atomic E-state index is -1.24. The van der Waals surface area contributed by atoms with Crippen LogP contribution in [0.3, 0.4) is 0 Å². The average Bonchev–Trinajstić information content (AvgIpc) is 3.03. The number of methoxy groups -OCH3 is 1. The molecule has 9 heteroatoms. The predicted molar refractivity (Wildman–Crippen MR) is 122 cm³/mol. The quantitative estimate of drug-likeness (QED) is 0.243. The second-order valence-corrected chi connectivity index (χ2v) is 10.8. The summed E-state index contributed by atoms with van der Waals surface area (Å²) in [6.07, 6.45) is -0.319. The van der Waals surface area contributed by atoms with Gasteiger partial charge in [0.25, 0.3) is 0 Å². The van der Waals surface area contributed by atoms with Gasteiger partial charge in [0.05, 0.1) is 15.6 Å². The smallest absolute Gasteiger partial charge is 0.408 e. The highest BCUT2D eigenvalue weighted by atomic mass is 127. The Labute approximate surface area is 197 Å². The molecule has 31 heavy (non-hydrogen) atoms. The second kappa shape index (κ2) is 9.72. The maximum Gasteiger partial charge on any atom is 0.408 e. The number of carbonyl (C=O) groups is 4. The number of rotatable bonds is 2. The highest BCUT2D eigenvalue weighted by Crippen LogP contribution is 2.38. The summed E-state index contributed by atoms with van der Waals surface area (Å²) in [4.78, 5) is 51.3. The third-order valence-electron chi connectivity index (χ3n) is 6.84. The van der Waals surface area contributed by atoms with Gasteiger partial charge in [-0.15, -0.1) is 0 Å². The normalized spacial score (nSPS) is 42.8. The number of hydrogen-bond acceptors (Lipinski definition) is 7. The van der Waals surface area contributed by atoms with E-state index in [-0.39, 0.29) is 17.5 Å². The molecule has 0 radical (unpaired) electrons. The van der Waals surface area contributed by atoms with Crippen molar-refractivity contribution in [2.75, 3.05) is 7.11 Å². The number of alkyl halides is 1. The number of cyclic esters (lactones) is 1. The number of hydrogen-bond donors (Lipinski definition) is 1. The van der Waals surface area contributed by atoms with E-state index < -0.39 is 51.2 Å². The lowest BCUT2D eigenvalue weighted by Gasteiger charge is -2.39. The fourth-order valence-corrected chi connectivity index (χ4v) is 6.25. The zero-order chi connectivity index (χ0) is 23.7. The molecule has 0 aliphatic carbocycles. The van der Waals surface area contributed by atoms with Crippen molar-refractivity contribution < 1.29 is 33.4 Å². The molecule has 1 N–H and O–H groups in total. The first-order valence-electron chi connectivity index (χ1n) is 10.8. The number of alkyl carbamates (subject to hydrolysis) is 1. The van der Waals surface area contributed by atoms with Crippen molar-refractivity contribution in [1.29, 1.82) is 0 Å². The number of nitrogens with one attached hydrogen (secondary N) is 1. The van der Waals surface area contributed by atoms with Crippen LogP contribution in [0.5, 0.6) is 0 Å². The van der Waals surface area contributed by atoms with E-state index in [0.717, 1.165) is 0 Å². The molecule has 0 aromatic carbocycles. The molecule has 2 aliphatic rings. The van der Waals surface area contributed by atoms with Gasteiger partial charge in [-0.25, -0.2) is 4.79 Å². The number of amides is 1. The number of ketones is 2. The lowest BCUT2D eigenvalue weighted by molar-refractivity contribution is -0.170. The molecule has 176 valence electrons. The Morgan fingerprint density at radius 2 is 1.71 bits per heavy atom. The molecule has 0 saturated carbocycles. The summed E-state index contributed by atoms with van der Waals surface area (Å²) in [6, 6.07) is -0.673. The first-order chi connectivity index (χ1) is 14.3. The molecule has 0 aromatic rings. The minimum Gasteiger partial charge on any atom is -0.458 e. The third kappa shape index (κ3) is 5.23. The summed E-state index contributed by atoms with van der Waals surface area (Å²) >= 11 is 2.03. The number of ether oxygens (including phenoxy) is 3. The van der Waals surface area contributed by atoms with Gasteiger partial charge in [0.2, 0.25) is 0 Å². The van der Waals surface area contributed by atoms with E-state index in [1.54, 1.807) is 21.0 Å². The standard InChI is InChI=1S/C22H34INO7/c1-8-15-22(6)18(24-20(28)31-22)12(3)16(25)11(2)9-21(5,29-7)10-14(23)17(26)13(4)19(27)30-15/h11-15,18H,8-10H2,1-7H3,(H,24,28)/t11-,12+,13-,14-,15-,18-,21-,22-/m1/s1. The van der Waals surface area contributed by atoms with Crippen molar-refractivity contribution >= 4 is 46.2 Å². The first kappa shape index (κ1) is 26.0. The molecule has 8 nitrogen and oxygen atoms in total. The van der Waals surface area contributed by atoms with Crippen LogP contribution in [0.4, 0.5) is 4.79 Å². The first-order valence-corrected chi connectivity index (χ1v) is 12.0. The van der Waals surface area contributed by atoms with Gasteiger partial charge in [0, 0.05) is 18.9 Å². The molecular weight excluding hydrogens is 517 g/mol. The summed E-state index contributed by atoms with van der Waals surface area (Å²) in [5.41, 5.74) is -1.97. The summed E-state index contributed by atoms with van der Waals surface area (Å²) in [6.45, 7) is 10.5. The Balaban J connectivity index is 2.52. The zero-order valence-electron chi connectivity index (χ0n) is 19.3. The van der Waals surface area contributed by atoms with Gasteiger partial charge in [-0.05, 0) is 40.0 Å². The van der Waals surface area contributed by atoms with Gasteiger partial charge >= 0.3 is 12.1 Å². The zero-order valence-corrected chi connectivity index (χ0v) is 21.5. The molecule has 0 aromatic heterocycles. The molecule has 8 atom stereocenters. The summed E-state index contributed by atoms with van der Waals surface area (Å²) in [7, 11) is 1.56. The van der Waals surface area contributed by atoms with Crippen LogP contribution in [0.2, 0.25) is 0 Å². The van der Waals surface area contributed by atoms with E-state index in [1.807, 2.05) is 43.4 Å². The lowest BCUT2D eigenvalue weighted by Crippen LogP contribution is -2.57. The second-order valence-electron chi connectivity index (χ2n) is 9.28. The van der Waals surface area contributed by atoms with Crippen LogP contribution >= 0.6 is 22.6 Å². The summed E-state index contributed by atoms with van der Waals surface area (Å²) in [5, 5.41) is 2.75. The van der Waals surface area contributed by atoms with Crippen molar-refractivity contribution in [3.05, 3.63) is 0 Å². The Kier molecular flexibility index (Phi) is 8.16. The fraction of sp³-hybridized carbons (Fsp3) is 0.818. The van der Waals surface area contributed by atoms with Gasteiger partial charge < -0.3 is 19.5 Å². The highest BCUT2D eigenvalue weighted by Gasteiger charge is 2.56. The van der Waals surface area contributed by atoms with E-state index in [2.05, 4.69) is 5.32 Å². The van der Waals surface area contributed by atoms with Crippen LogP contribution in [-0.4, -0.2) is 58.0 Å². The van der Waals surface area contributed by atoms with E-state index in [4.69, 9.17) is 14.2 Å². The van der Waals surface area contributed by atoms with Crippen LogP contribution in [0.15, 0.2) is 0 Å². The van der Waals surface area contributed by atoms with Crippen LogP contribution in [0.1, 0.15) is 60.8 Å². The Morgan fingerprint density at radius 1 is 1.10 bits per heavy atom. The topological polar surface area (TPSA) is 108 Å². The number of esters is 1. The molecule has 0 spiro atoms. The maximum atomic E-state index is 13.3. The van der Waals surface area contributed by atoms with Crippen molar-refractivity contribution in [3.8, 4) is 0 Å². The Hall–Kier alpha value is -1.23. The molecule has 2 heterocycles. The number of halogens is 1. The summed E-state index contributed by atoms with van der Waals surface area (Å²) < 4.78 is 16.5. The van der Waals surface area contributed by atoms with Crippen LogP contribution in [0, 0.1) is 17.8 Å². The number of fused-ring (bicyclic) bond motifs is 1. The number of Topliss-reactive ketones (excluding diaryl/α,β-unsaturated/α-hetero) is 2. The molecule has 2 fully saturated rings. The lowest BCUT2D eigenvalue weighted by atomic mass is 9.75. The molecule has 2 aliphatic heterocycles. The SMILES string of the molecule is CC[C@H]1OC(=O)[C@H](C)C(=O)[C@H](I)C[C@](C)(OC)C[C@@H](C)C(=O)[C@H](C)[C@H]2NC(=O)O[C@@]21C. The largest absolute Gasteiger partial charge is 0.458 e. The Morgan fingerprint density at radius 3 is 2.26 bits per heavy atom. The molecule has 0 unspecified atom stereocenters. The molecule has 0 bridgehead atoms. The van der Waals surface area contributed by atoms with Crippen molar-refractivity contribution in [3.63, 3.8) is 0 Å². The van der Waals surface area contributed by atoms with Crippen molar-refractivity contribution in [2.45, 2.75) is 88.1 Å². The Bertz CT molecular complexity index is 743. The highest BCUT2D eigenvalue weighted by molar-refractivity contribution is 14.1. The minimum absolute atomic E-state index is 0.0479. The van der Waals surface area contributed by atoms with Gasteiger partial charge in [-0.2, -0.15) is 0 Å². The van der Waals surface area contributed by atoms with E-state index in [1.165, 1.54) is 6.92 Å². The van der Waals surface area contributed by atoms with E-state index in [0.29, 0.717) is 19.3 Å². The van der Waals surface area contributed by atoms with Gasteiger partial charge in [0.15, 0.2) is 11.4 Å². The van der Waals surface area contributed by atoms with Gasteiger partial charge in [-0.1, -0.05) is 43.4 Å². The van der Waals surface area contributed by atoms with Crippen LogP contribution < -0.4 is 5.32 Å². The monoisotopic (exact) mass is 551 g/mol. The molecular formula is C22H34INO7. The van der Waals surface area contributed by atoms with Crippen LogP contribution in [-0.2, 0) is 28.6 Å². The maximum absolute atomic E-state index is 13.3. The van der Waals surface area contributed by atoms with Crippen molar-refractivity contribution in [1.82, 2.24) is 5.32 Å². The fourth-order valence-electron chi connectivity index (χ4n) is 4.78. The molecule has 2 saturated heterocycles. The van der Waals surface area contributed by atoms with Crippen LogP contribution in [0.25, 0.3) is 0 Å². The van der Waals surface area contributed by atoms with Gasteiger partial charge in [0.1, 0.15) is 17.8 Å². The van der Waals surface area contributed by atoms with E-state index in [9.17, 15) is 19.2 Å². The van der Waals surface area contributed by atoms with Crippen molar-refractivity contribution in [2.24, 2.45) is 17.8 Å². The number of carbonyl (C=O) groups excluding carboxylic acids is 4. The molecule has 1 amide bonds.